The van der Waals surface area contributed by atoms with Crippen molar-refractivity contribution in [1.29, 1.82) is 0 Å². The molecule has 1 saturated heterocycles. The first-order chi connectivity index (χ1) is 15.6. The van der Waals surface area contributed by atoms with Gasteiger partial charge in [0.05, 0.1) is 10.5 Å². The molecule has 174 valence electrons. The Balaban J connectivity index is 1.37. The van der Waals surface area contributed by atoms with Crippen LogP contribution in [0.25, 0.3) is 10.6 Å². The van der Waals surface area contributed by atoms with Crippen molar-refractivity contribution in [2.24, 2.45) is 5.92 Å². The molecule has 6 nitrogen and oxygen atoms in total. The highest BCUT2D eigenvalue weighted by Crippen LogP contribution is 2.32. The fourth-order valence-electron chi connectivity index (χ4n) is 3.65. The fraction of sp³-hybridized carbons (Fsp3) is 0.273. The van der Waals surface area contributed by atoms with Crippen LogP contribution in [0.3, 0.4) is 0 Å². The van der Waals surface area contributed by atoms with Gasteiger partial charge in [0.1, 0.15) is 5.01 Å². The Morgan fingerprint density at radius 3 is 2.39 bits per heavy atom. The monoisotopic (exact) mass is 495 g/mol. The van der Waals surface area contributed by atoms with Gasteiger partial charge in [0.25, 0.3) is 0 Å². The van der Waals surface area contributed by atoms with Crippen LogP contribution in [0.2, 0.25) is 0 Å². The minimum atomic E-state index is -4.63. The molecule has 0 aliphatic carbocycles. The third kappa shape index (κ3) is 5.26. The van der Waals surface area contributed by atoms with Gasteiger partial charge in [0, 0.05) is 41.8 Å². The van der Waals surface area contributed by atoms with Crippen LogP contribution in [-0.4, -0.2) is 36.7 Å². The minimum Gasteiger partial charge on any atom is -0.326 e. The van der Waals surface area contributed by atoms with Gasteiger partial charge in [-0.25, -0.2) is 13.4 Å². The van der Waals surface area contributed by atoms with Gasteiger partial charge in [-0.1, -0.05) is 6.07 Å². The Hall–Kier alpha value is -2.76. The van der Waals surface area contributed by atoms with E-state index in [2.05, 4.69) is 10.3 Å². The molecule has 2 aromatic carbocycles. The number of carbonyl (C=O) groups excluding carboxylic acids is 1. The van der Waals surface area contributed by atoms with Crippen molar-refractivity contribution in [3.05, 3.63) is 65.7 Å². The normalized spacial score (nSPS) is 16.0. The number of sulfonamides is 1. The SMILES string of the molecule is O=C(Nc1ccc(-c2nccs2)cc1)C1CCN(S(=O)(=O)c2cccc(C(F)(F)F)c2)CC1. The molecular weight excluding hydrogens is 475 g/mol. The van der Waals surface area contributed by atoms with E-state index in [-0.39, 0.29) is 31.8 Å². The first kappa shape index (κ1) is 23.4. The summed E-state index contributed by atoms with van der Waals surface area (Å²) in [6.07, 6.45) is -2.35. The predicted molar refractivity (Wildman–Crippen MR) is 119 cm³/mol. The summed E-state index contributed by atoms with van der Waals surface area (Å²) in [7, 11) is -4.08. The van der Waals surface area contributed by atoms with Gasteiger partial charge in [0.2, 0.25) is 15.9 Å². The molecule has 33 heavy (non-hydrogen) atoms. The molecule has 0 bridgehead atoms. The summed E-state index contributed by atoms with van der Waals surface area (Å²) in [6.45, 7) is 0.110. The van der Waals surface area contributed by atoms with Crippen LogP contribution in [0, 0.1) is 5.92 Å². The topological polar surface area (TPSA) is 79.4 Å². The molecule has 0 atom stereocenters. The third-order valence-corrected chi connectivity index (χ3v) is 8.17. The van der Waals surface area contributed by atoms with Crippen LogP contribution in [-0.2, 0) is 21.0 Å². The van der Waals surface area contributed by atoms with Crippen LogP contribution >= 0.6 is 11.3 Å². The number of benzene rings is 2. The van der Waals surface area contributed by atoms with E-state index in [0.29, 0.717) is 11.8 Å². The minimum absolute atomic E-state index is 0.0552. The van der Waals surface area contributed by atoms with Crippen LogP contribution in [0.15, 0.2) is 65.0 Å². The van der Waals surface area contributed by atoms with Crippen molar-refractivity contribution in [3.63, 3.8) is 0 Å². The number of nitrogens with one attached hydrogen (secondary N) is 1. The molecule has 0 unspecified atom stereocenters. The van der Waals surface area contributed by atoms with Crippen LogP contribution < -0.4 is 5.32 Å². The van der Waals surface area contributed by atoms with E-state index in [9.17, 15) is 26.4 Å². The van der Waals surface area contributed by atoms with Crippen LogP contribution in [0.5, 0.6) is 0 Å². The van der Waals surface area contributed by atoms with Crippen molar-refractivity contribution < 1.29 is 26.4 Å². The van der Waals surface area contributed by atoms with Gasteiger partial charge in [-0.05, 0) is 55.3 Å². The second-order valence-electron chi connectivity index (χ2n) is 7.61. The van der Waals surface area contributed by atoms with Gasteiger partial charge < -0.3 is 5.32 Å². The van der Waals surface area contributed by atoms with E-state index < -0.39 is 32.6 Å². The second-order valence-corrected chi connectivity index (χ2v) is 10.4. The highest BCUT2D eigenvalue weighted by Gasteiger charge is 2.35. The Morgan fingerprint density at radius 2 is 1.79 bits per heavy atom. The van der Waals surface area contributed by atoms with E-state index in [1.807, 2.05) is 17.5 Å². The summed E-state index contributed by atoms with van der Waals surface area (Å²) in [4.78, 5) is 16.5. The number of hydrogen-bond donors (Lipinski definition) is 1. The molecule has 0 radical (unpaired) electrons. The summed E-state index contributed by atoms with van der Waals surface area (Å²) in [5, 5.41) is 5.60. The number of anilines is 1. The number of carbonyl (C=O) groups is 1. The highest BCUT2D eigenvalue weighted by atomic mass is 32.2. The molecule has 1 amide bonds. The number of piperidine rings is 1. The summed E-state index contributed by atoms with van der Waals surface area (Å²) in [5.74, 6) is -0.607. The zero-order valence-corrected chi connectivity index (χ0v) is 18.9. The van der Waals surface area contributed by atoms with Crippen LogP contribution in [0.1, 0.15) is 18.4 Å². The Labute approximate surface area is 193 Å². The van der Waals surface area contributed by atoms with Gasteiger partial charge >= 0.3 is 6.18 Å². The van der Waals surface area contributed by atoms with Gasteiger partial charge in [-0.3, -0.25) is 4.79 Å². The molecule has 3 aromatic rings. The third-order valence-electron chi connectivity index (χ3n) is 5.46. The summed E-state index contributed by atoms with van der Waals surface area (Å²) in [6, 6.07) is 11.0. The Morgan fingerprint density at radius 1 is 1.09 bits per heavy atom. The van der Waals surface area contributed by atoms with Crippen molar-refractivity contribution in [1.82, 2.24) is 9.29 Å². The molecule has 11 heteroatoms. The van der Waals surface area contributed by atoms with E-state index in [1.165, 1.54) is 11.3 Å². The van der Waals surface area contributed by atoms with Crippen molar-refractivity contribution >= 4 is 33.0 Å². The zero-order chi connectivity index (χ0) is 23.6. The summed E-state index contributed by atoms with van der Waals surface area (Å²) >= 11 is 1.51. The molecule has 1 aliphatic heterocycles. The molecule has 1 aromatic heterocycles. The number of halogens is 3. The second kappa shape index (κ2) is 9.24. The molecule has 2 heterocycles. The number of aromatic nitrogens is 1. The predicted octanol–water partition coefficient (Wildman–Crippen LogP) is 4.87. The van der Waals surface area contributed by atoms with E-state index in [4.69, 9.17) is 0 Å². The highest BCUT2D eigenvalue weighted by molar-refractivity contribution is 7.89. The molecular formula is C22H20F3N3O3S2. The number of nitrogens with zero attached hydrogens (tertiary/aromatic N) is 2. The average Bonchev–Trinajstić information content (AvgIpc) is 3.34. The largest absolute Gasteiger partial charge is 0.416 e. The maximum atomic E-state index is 13.0. The Bertz CT molecular complexity index is 1220. The molecule has 0 saturated carbocycles. The average molecular weight is 496 g/mol. The summed E-state index contributed by atoms with van der Waals surface area (Å²) < 4.78 is 65.6. The zero-order valence-electron chi connectivity index (χ0n) is 17.2. The lowest BCUT2D eigenvalue weighted by molar-refractivity contribution is -0.137. The molecule has 1 fully saturated rings. The van der Waals surface area contributed by atoms with E-state index in [1.54, 1.807) is 18.3 Å². The van der Waals surface area contributed by atoms with Gasteiger partial charge in [-0.15, -0.1) is 11.3 Å². The van der Waals surface area contributed by atoms with Crippen LogP contribution in [0.4, 0.5) is 18.9 Å². The lowest BCUT2D eigenvalue weighted by Crippen LogP contribution is -2.41. The summed E-state index contributed by atoms with van der Waals surface area (Å²) in [5.41, 5.74) is 0.550. The number of thiazole rings is 1. The fourth-order valence-corrected chi connectivity index (χ4v) is 5.81. The van der Waals surface area contributed by atoms with Crippen molar-refractivity contribution in [2.45, 2.75) is 23.9 Å². The lowest BCUT2D eigenvalue weighted by Gasteiger charge is -2.30. The van der Waals surface area contributed by atoms with Gasteiger partial charge in [-0.2, -0.15) is 17.5 Å². The smallest absolute Gasteiger partial charge is 0.326 e. The number of rotatable bonds is 5. The van der Waals surface area contributed by atoms with E-state index >= 15 is 0 Å². The maximum absolute atomic E-state index is 13.0. The molecule has 4 rings (SSSR count). The number of amides is 1. The van der Waals surface area contributed by atoms with Crippen molar-refractivity contribution in [2.75, 3.05) is 18.4 Å². The molecule has 1 aliphatic rings. The quantitative estimate of drug-likeness (QED) is 0.548. The first-order valence-electron chi connectivity index (χ1n) is 10.1. The van der Waals surface area contributed by atoms with Gasteiger partial charge in [0.15, 0.2) is 0 Å². The number of hydrogen-bond acceptors (Lipinski definition) is 5. The maximum Gasteiger partial charge on any atom is 0.416 e. The van der Waals surface area contributed by atoms with E-state index in [0.717, 1.165) is 33.1 Å². The standard InChI is InChI=1S/C22H20F3N3O3S2/c23-22(24,25)17-2-1-3-19(14-17)33(30,31)28-11-8-15(9-12-28)20(29)27-18-6-4-16(5-7-18)21-26-10-13-32-21/h1-7,10,13-15H,8-9,11-12H2,(H,27,29). The number of alkyl halides is 3. The molecule has 1 N–H and O–H groups in total. The first-order valence-corrected chi connectivity index (χ1v) is 12.4. The van der Waals surface area contributed by atoms with Crippen molar-refractivity contribution in [3.8, 4) is 10.6 Å². The Kier molecular flexibility index (Phi) is 6.55. The lowest BCUT2D eigenvalue weighted by atomic mass is 9.97. The molecule has 0 spiro atoms.